The summed E-state index contributed by atoms with van der Waals surface area (Å²) in [5.74, 6) is 0.819. The molecule has 110 valence electrons. The molecule has 0 atom stereocenters. The van der Waals surface area contributed by atoms with Crippen LogP contribution in [0.4, 0.5) is 0 Å². The SMILES string of the molecule is COC1=CC(=O)OC(=C(c2ccccc2)c2ccccc2)C1. The monoisotopic (exact) mass is 292 g/mol. The topological polar surface area (TPSA) is 35.5 Å². The van der Waals surface area contributed by atoms with Crippen LogP contribution >= 0.6 is 0 Å². The highest BCUT2D eigenvalue weighted by atomic mass is 16.5. The van der Waals surface area contributed by atoms with Crippen LogP contribution in [0.2, 0.25) is 0 Å². The number of carbonyl (C=O) groups excluding carboxylic acids is 1. The molecule has 3 rings (SSSR count). The minimum Gasteiger partial charge on any atom is -0.500 e. The lowest BCUT2D eigenvalue weighted by molar-refractivity contribution is -0.135. The van der Waals surface area contributed by atoms with Crippen LogP contribution in [0.5, 0.6) is 0 Å². The Labute approximate surface area is 129 Å². The smallest absolute Gasteiger partial charge is 0.339 e. The van der Waals surface area contributed by atoms with E-state index in [1.807, 2.05) is 60.7 Å². The molecule has 2 aromatic rings. The van der Waals surface area contributed by atoms with Crippen molar-refractivity contribution in [3.05, 3.63) is 89.4 Å². The highest BCUT2D eigenvalue weighted by Gasteiger charge is 2.22. The summed E-state index contributed by atoms with van der Waals surface area (Å²) in [6, 6.07) is 19.8. The van der Waals surface area contributed by atoms with E-state index in [0.29, 0.717) is 17.9 Å². The van der Waals surface area contributed by atoms with Gasteiger partial charge in [-0.1, -0.05) is 60.7 Å². The zero-order valence-electron chi connectivity index (χ0n) is 12.3. The zero-order chi connectivity index (χ0) is 15.4. The molecule has 3 heteroatoms. The standard InChI is InChI=1S/C19H16O3/c1-21-16-12-17(22-18(20)13-16)19(14-8-4-2-5-9-14)15-10-6-3-7-11-15/h2-11,13H,12H2,1H3. The maximum Gasteiger partial charge on any atom is 0.339 e. The van der Waals surface area contributed by atoms with E-state index in [-0.39, 0.29) is 0 Å². The zero-order valence-corrected chi connectivity index (χ0v) is 12.3. The molecule has 0 saturated carbocycles. The molecule has 0 fully saturated rings. The third-order valence-corrected chi connectivity index (χ3v) is 3.50. The molecule has 0 N–H and O–H groups in total. The van der Waals surface area contributed by atoms with Gasteiger partial charge in [-0.3, -0.25) is 0 Å². The first-order chi connectivity index (χ1) is 10.8. The van der Waals surface area contributed by atoms with Crippen LogP contribution in [0.25, 0.3) is 5.57 Å². The van der Waals surface area contributed by atoms with Gasteiger partial charge in [0.05, 0.1) is 19.6 Å². The van der Waals surface area contributed by atoms with Crippen LogP contribution in [0.3, 0.4) is 0 Å². The fourth-order valence-electron chi connectivity index (χ4n) is 2.50. The molecule has 0 aromatic heterocycles. The van der Waals surface area contributed by atoms with E-state index in [1.165, 1.54) is 6.08 Å². The quantitative estimate of drug-likeness (QED) is 0.804. The van der Waals surface area contributed by atoms with Gasteiger partial charge in [0.15, 0.2) is 0 Å². The molecule has 0 unspecified atom stereocenters. The molecule has 1 aliphatic rings. The number of cyclic esters (lactones) is 1. The van der Waals surface area contributed by atoms with Gasteiger partial charge < -0.3 is 9.47 Å². The number of ether oxygens (including phenoxy) is 2. The average molecular weight is 292 g/mol. The van der Waals surface area contributed by atoms with Crippen LogP contribution < -0.4 is 0 Å². The van der Waals surface area contributed by atoms with Crippen molar-refractivity contribution in [2.75, 3.05) is 7.11 Å². The second-order valence-electron chi connectivity index (χ2n) is 4.94. The molecule has 1 heterocycles. The molecule has 0 bridgehead atoms. The Morgan fingerprint density at radius 3 is 2.00 bits per heavy atom. The molecular formula is C19H16O3. The summed E-state index contributed by atoms with van der Waals surface area (Å²) in [5, 5.41) is 0. The van der Waals surface area contributed by atoms with Gasteiger partial charge in [0.25, 0.3) is 0 Å². The Hall–Kier alpha value is -2.81. The average Bonchev–Trinajstić information content (AvgIpc) is 2.56. The molecule has 22 heavy (non-hydrogen) atoms. The first-order valence-corrected chi connectivity index (χ1v) is 7.08. The van der Waals surface area contributed by atoms with Crippen molar-refractivity contribution >= 4 is 11.5 Å². The predicted molar refractivity (Wildman–Crippen MR) is 84.7 cm³/mol. The Morgan fingerprint density at radius 1 is 0.955 bits per heavy atom. The van der Waals surface area contributed by atoms with Crippen molar-refractivity contribution < 1.29 is 14.3 Å². The summed E-state index contributed by atoms with van der Waals surface area (Å²) < 4.78 is 10.7. The fraction of sp³-hybridized carbons (Fsp3) is 0.105. The first-order valence-electron chi connectivity index (χ1n) is 7.08. The second-order valence-corrected chi connectivity index (χ2v) is 4.94. The fourth-order valence-corrected chi connectivity index (χ4v) is 2.50. The predicted octanol–water partition coefficient (Wildman–Crippen LogP) is 3.92. The van der Waals surface area contributed by atoms with Crippen molar-refractivity contribution in [3.63, 3.8) is 0 Å². The number of hydrogen-bond donors (Lipinski definition) is 0. The van der Waals surface area contributed by atoms with Crippen LogP contribution in [0, 0.1) is 0 Å². The van der Waals surface area contributed by atoms with Crippen molar-refractivity contribution in [2.24, 2.45) is 0 Å². The van der Waals surface area contributed by atoms with Gasteiger partial charge >= 0.3 is 5.97 Å². The summed E-state index contributed by atoms with van der Waals surface area (Å²) in [4.78, 5) is 11.8. The number of carbonyl (C=O) groups is 1. The molecule has 0 aliphatic carbocycles. The van der Waals surface area contributed by atoms with E-state index in [1.54, 1.807) is 7.11 Å². The van der Waals surface area contributed by atoms with Crippen LogP contribution in [-0.4, -0.2) is 13.1 Å². The number of methoxy groups -OCH3 is 1. The number of hydrogen-bond acceptors (Lipinski definition) is 3. The molecular weight excluding hydrogens is 276 g/mol. The van der Waals surface area contributed by atoms with E-state index in [9.17, 15) is 4.79 Å². The summed E-state index contributed by atoms with van der Waals surface area (Å²) in [6.07, 6.45) is 1.85. The summed E-state index contributed by atoms with van der Waals surface area (Å²) in [6.45, 7) is 0. The lowest BCUT2D eigenvalue weighted by Gasteiger charge is -2.20. The summed E-state index contributed by atoms with van der Waals surface area (Å²) in [7, 11) is 1.56. The van der Waals surface area contributed by atoms with Gasteiger partial charge in [-0.25, -0.2) is 4.79 Å². The summed E-state index contributed by atoms with van der Waals surface area (Å²) >= 11 is 0. The molecule has 0 amide bonds. The van der Waals surface area contributed by atoms with E-state index >= 15 is 0 Å². The van der Waals surface area contributed by atoms with Crippen LogP contribution in [-0.2, 0) is 14.3 Å². The van der Waals surface area contributed by atoms with Gasteiger partial charge in [-0.05, 0) is 11.1 Å². The third kappa shape index (κ3) is 2.93. The minimum atomic E-state index is -0.400. The maximum absolute atomic E-state index is 11.8. The first kappa shape index (κ1) is 14.1. The Balaban J connectivity index is 2.16. The third-order valence-electron chi connectivity index (χ3n) is 3.50. The largest absolute Gasteiger partial charge is 0.500 e. The Morgan fingerprint density at radius 2 is 1.50 bits per heavy atom. The molecule has 0 saturated heterocycles. The van der Waals surface area contributed by atoms with Gasteiger partial charge in [0.1, 0.15) is 11.5 Å². The number of esters is 1. The van der Waals surface area contributed by atoms with Crippen LogP contribution in [0.15, 0.2) is 78.3 Å². The van der Waals surface area contributed by atoms with Crippen molar-refractivity contribution in [3.8, 4) is 0 Å². The molecule has 1 aliphatic heterocycles. The molecule has 3 nitrogen and oxygen atoms in total. The van der Waals surface area contributed by atoms with Crippen molar-refractivity contribution in [1.82, 2.24) is 0 Å². The van der Waals surface area contributed by atoms with Crippen molar-refractivity contribution in [2.45, 2.75) is 6.42 Å². The van der Waals surface area contributed by atoms with E-state index in [2.05, 4.69) is 0 Å². The van der Waals surface area contributed by atoms with Crippen LogP contribution in [0.1, 0.15) is 17.5 Å². The van der Waals surface area contributed by atoms with Gasteiger partial charge in [-0.2, -0.15) is 0 Å². The highest BCUT2D eigenvalue weighted by Crippen LogP contribution is 2.32. The molecule has 0 radical (unpaired) electrons. The number of rotatable bonds is 3. The lowest BCUT2D eigenvalue weighted by atomic mass is 9.95. The number of benzene rings is 2. The van der Waals surface area contributed by atoms with E-state index in [4.69, 9.17) is 9.47 Å². The second kappa shape index (κ2) is 6.31. The van der Waals surface area contributed by atoms with Gasteiger partial charge in [-0.15, -0.1) is 0 Å². The highest BCUT2D eigenvalue weighted by molar-refractivity contribution is 5.89. The lowest BCUT2D eigenvalue weighted by Crippen LogP contribution is -2.12. The Bertz CT molecular complexity index is 686. The minimum absolute atomic E-state index is 0.400. The Kier molecular flexibility index (Phi) is 4.05. The molecule has 2 aromatic carbocycles. The normalized spacial score (nSPS) is 14.1. The maximum atomic E-state index is 11.8. The van der Waals surface area contributed by atoms with Gasteiger partial charge in [0, 0.05) is 5.57 Å². The summed E-state index contributed by atoms with van der Waals surface area (Å²) in [5.41, 5.74) is 2.93. The van der Waals surface area contributed by atoms with E-state index in [0.717, 1.165) is 16.7 Å². The van der Waals surface area contributed by atoms with E-state index < -0.39 is 5.97 Å². The molecule has 0 spiro atoms. The van der Waals surface area contributed by atoms with Gasteiger partial charge in [0.2, 0.25) is 0 Å². The van der Waals surface area contributed by atoms with Crippen molar-refractivity contribution in [1.29, 1.82) is 0 Å².